The summed E-state index contributed by atoms with van der Waals surface area (Å²) < 4.78 is 10.8. The van der Waals surface area contributed by atoms with E-state index in [-0.39, 0.29) is 18.0 Å². The van der Waals surface area contributed by atoms with Crippen LogP contribution in [-0.2, 0) is 4.74 Å². The van der Waals surface area contributed by atoms with Crippen molar-refractivity contribution in [3.05, 3.63) is 47.1 Å². The maximum Gasteiger partial charge on any atom is 0.404 e. The number of piperidine rings is 1. The normalized spacial score (nSPS) is 14.2. The number of nitriles is 1. The number of fused-ring (bicyclic) bond motifs is 1. The zero-order valence-corrected chi connectivity index (χ0v) is 18.7. The summed E-state index contributed by atoms with van der Waals surface area (Å²) in [5.74, 6) is 0.441. The number of amides is 1. The third-order valence-electron chi connectivity index (χ3n) is 5.60. The highest BCUT2D eigenvalue weighted by Gasteiger charge is 2.25. The first-order chi connectivity index (χ1) is 16.0. The van der Waals surface area contributed by atoms with Gasteiger partial charge in [0.25, 0.3) is 0 Å². The molecule has 3 aromatic rings. The van der Waals surface area contributed by atoms with Gasteiger partial charge in [0.05, 0.1) is 16.8 Å². The average molecular weight is 468 g/mol. The number of aromatic nitrogens is 2. The topological polar surface area (TPSA) is 121 Å². The van der Waals surface area contributed by atoms with Gasteiger partial charge < -0.3 is 24.8 Å². The molecule has 1 aliphatic rings. The maximum absolute atomic E-state index is 11.0. The van der Waals surface area contributed by atoms with Crippen LogP contribution in [0.5, 0.6) is 5.75 Å². The van der Waals surface area contributed by atoms with Gasteiger partial charge in [-0.25, -0.2) is 4.79 Å². The zero-order valence-electron chi connectivity index (χ0n) is 17.9. The Balaban J connectivity index is 1.75. The van der Waals surface area contributed by atoms with E-state index in [4.69, 9.17) is 26.2 Å². The molecule has 0 aliphatic carbocycles. The highest BCUT2D eigenvalue weighted by atomic mass is 35.5. The fourth-order valence-corrected chi connectivity index (χ4v) is 4.34. The molecule has 0 spiro atoms. The molecule has 1 aliphatic heterocycles. The SMILES string of the molecule is COCOc1c(C#N)cccc1-c1ccc2nnc(Cl)c(N3CCC(NC(=O)O)CC3)c2c1. The second-order valence-corrected chi connectivity index (χ2v) is 7.99. The standard InChI is InChI=1S/C23H22ClN5O4/c1-32-13-33-21-15(12-25)3-2-4-17(21)14-5-6-19-18(11-14)20(22(24)28-27-19)29-9-7-16(8-10-29)26-23(30)31/h2-6,11,16,26H,7-10,13H2,1H3,(H,30,31). The van der Waals surface area contributed by atoms with Crippen LogP contribution in [0, 0.1) is 11.3 Å². The van der Waals surface area contributed by atoms with E-state index in [1.54, 1.807) is 12.1 Å². The Hall–Kier alpha value is -3.61. The number of hydrogen-bond acceptors (Lipinski definition) is 7. The quantitative estimate of drug-likeness (QED) is 0.521. The Kier molecular flexibility index (Phi) is 6.77. The molecular formula is C23H22ClN5O4. The van der Waals surface area contributed by atoms with Gasteiger partial charge in [-0.3, -0.25) is 0 Å². The van der Waals surface area contributed by atoms with Gasteiger partial charge in [-0.2, -0.15) is 5.26 Å². The van der Waals surface area contributed by atoms with Crippen molar-refractivity contribution in [2.24, 2.45) is 0 Å². The van der Waals surface area contributed by atoms with Crippen molar-refractivity contribution in [1.29, 1.82) is 5.26 Å². The van der Waals surface area contributed by atoms with Gasteiger partial charge >= 0.3 is 6.09 Å². The van der Waals surface area contributed by atoms with Gasteiger partial charge in [-0.05, 0) is 36.6 Å². The molecule has 170 valence electrons. The molecule has 0 unspecified atom stereocenters. The summed E-state index contributed by atoms with van der Waals surface area (Å²) >= 11 is 6.49. The van der Waals surface area contributed by atoms with Crippen molar-refractivity contribution in [3.63, 3.8) is 0 Å². The van der Waals surface area contributed by atoms with Crippen LogP contribution >= 0.6 is 11.6 Å². The van der Waals surface area contributed by atoms with Gasteiger partial charge in [0.15, 0.2) is 11.9 Å². The number of nitrogens with zero attached hydrogens (tertiary/aromatic N) is 4. The van der Waals surface area contributed by atoms with E-state index >= 15 is 0 Å². The lowest BCUT2D eigenvalue weighted by molar-refractivity contribution is 0.0513. The second-order valence-electron chi connectivity index (χ2n) is 7.63. The lowest BCUT2D eigenvalue weighted by Crippen LogP contribution is -2.44. The number of rotatable bonds is 6. The van der Waals surface area contributed by atoms with E-state index in [1.807, 2.05) is 24.3 Å². The summed E-state index contributed by atoms with van der Waals surface area (Å²) in [5.41, 5.74) is 3.42. The predicted molar refractivity (Wildman–Crippen MR) is 124 cm³/mol. The van der Waals surface area contributed by atoms with Crippen LogP contribution in [0.2, 0.25) is 5.15 Å². The summed E-state index contributed by atoms with van der Waals surface area (Å²) in [5, 5.41) is 30.5. The number of benzene rings is 2. The Morgan fingerprint density at radius 2 is 2.09 bits per heavy atom. The number of para-hydroxylation sites is 1. The van der Waals surface area contributed by atoms with Crippen molar-refractivity contribution < 1.29 is 19.4 Å². The maximum atomic E-state index is 11.0. The third-order valence-corrected chi connectivity index (χ3v) is 5.85. The fraction of sp³-hybridized carbons (Fsp3) is 0.304. The Morgan fingerprint density at radius 1 is 1.30 bits per heavy atom. The largest absolute Gasteiger partial charge is 0.466 e. The number of halogens is 1. The molecule has 4 rings (SSSR count). The lowest BCUT2D eigenvalue weighted by atomic mass is 9.99. The number of methoxy groups -OCH3 is 1. The molecule has 1 amide bonds. The molecular weight excluding hydrogens is 446 g/mol. The third kappa shape index (κ3) is 4.77. The van der Waals surface area contributed by atoms with Crippen molar-refractivity contribution in [3.8, 4) is 22.9 Å². The van der Waals surface area contributed by atoms with Crippen molar-refractivity contribution >= 4 is 34.3 Å². The molecule has 9 nitrogen and oxygen atoms in total. The minimum atomic E-state index is -1.02. The molecule has 33 heavy (non-hydrogen) atoms. The van der Waals surface area contributed by atoms with Crippen LogP contribution in [-0.4, -0.2) is 54.4 Å². The molecule has 1 fully saturated rings. The molecule has 1 saturated heterocycles. The number of nitrogens with one attached hydrogen (secondary N) is 1. The van der Waals surface area contributed by atoms with Crippen LogP contribution in [0.3, 0.4) is 0 Å². The Bertz CT molecular complexity index is 1220. The number of anilines is 1. The number of hydrogen-bond donors (Lipinski definition) is 2. The Labute approximate surface area is 195 Å². The van der Waals surface area contributed by atoms with Gasteiger partial charge in [-0.15, -0.1) is 10.2 Å². The predicted octanol–water partition coefficient (Wildman–Crippen LogP) is 4.04. The molecule has 0 radical (unpaired) electrons. The van der Waals surface area contributed by atoms with Gasteiger partial charge in [0.1, 0.15) is 11.8 Å². The zero-order chi connectivity index (χ0) is 23.4. The molecule has 10 heteroatoms. The average Bonchev–Trinajstić information content (AvgIpc) is 2.82. The molecule has 2 N–H and O–H groups in total. The van der Waals surface area contributed by atoms with Crippen molar-refractivity contribution in [1.82, 2.24) is 15.5 Å². The van der Waals surface area contributed by atoms with Crippen LogP contribution in [0.25, 0.3) is 22.0 Å². The number of ether oxygens (including phenoxy) is 2. The van der Waals surface area contributed by atoms with Gasteiger partial charge in [-0.1, -0.05) is 29.8 Å². The molecule has 0 atom stereocenters. The smallest absolute Gasteiger partial charge is 0.404 e. The summed E-state index contributed by atoms with van der Waals surface area (Å²) in [4.78, 5) is 13.1. The van der Waals surface area contributed by atoms with Gasteiger partial charge in [0.2, 0.25) is 0 Å². The highest BCUT2D eigenvalue weighted by molar-refractivity contribution is 6.33. The van der Waals surface area contributed by atoms with Crippen LogP contribution in [0.4, 0.5) is 10.5 Å². The molecule has 0 bridgehead atoms. The van der Waals surface area contributed by atoms with Crippen LogP contribution in [0.15, 0.2) is 36.4 Å². The number of carboxylic acid groups (broad SMARTS) is 1. The van der Waals surface area contributed by atoms with E-state index in [9.17, 15) is 10.1 Å². The minimum absolute atomic E-state index is 0.0150. The van der Waals surface area contributed by atoms with E-state index in [1.165, 1.54) is 7.11 Å². The summed E-state index contributed by atoms with van der Waals surface area (Å²) in [6, 6.07) is 13.2. The van der Waals surface area contributed by atoms with E-state index in [0.717, 1.165) is 22.2 Å². The molecule has 2 aromatic carbocycles. The highest BCUT2D eigenvalue weighted by Crippen LogP contribution is 2.38. The van der Waals surface area contributed by atoms with E-state index in [2.05, 4.69) is 26.5 Å². The van der Waals surface area contributed by atoms with Crippen molar-refractivity contribution in [2.45, 2.75) is 18.9 Å². The lowest BCUT2D eigenvalue weighted by Gasteiger charge is -2.34. The molecule has 0 saturated carbocycles. The molecule has 1 aromatic heterocycles. The summed E-state index contributed by atoms with van der Waals surface area (Å²) in [7, 11) is 1.52. The Morgan fingerprint density at radius 3 is 2.79 bits per heavy atom. The van der Waals surface area contributed by atoms with Crippen molar-refractivity contribution in [2.75, 3.05) is 31.9 Å². The summed E-state index contributed by atoms with van der Waals surface area (Å²) in [6.07, 6.45) is 0.301. The van der Waals surface area contributed by atoms with E-state index in [0.29, 0.717) is 42.8 Å². The van der Waals surface area contributed by atoms with Crippen LogP contribution in [0.1, 0.15) is 18.4 Å². The first-order valence-electron chi connectivity index (χ1n) is 10.4. The first-order valence-corrected chi connectivity index (χ1v) is 10.7. The monoisotopic (exact) mass is 467 g/mol. The summed E-state index contributed by atoms with van der Waals surface area (Å²) in [6.45, 7) is 1.27. The fourth-order valence-electron chi connectivity index (χ4n) is 4.09. The second kappa shape index (κ2) is 9.90. The first kappa shape index (κ1) is 22.6. The molecule has 2 heterocycles. The number of carbonyl (C=O) groups is 1. The minimum Gasteiger partial charge on any atom is -0.466 e. The van der Waals surface area contributed by atoms with Crippen LogP contribution < -0.4 is 15.0 Å². The van der Waals surface area contributed by atoms with E-state index < -0.39 is 6.09 Å². The van der Waals surface area contributed by atoms with Gasteiger partial charge in [0, 0.05) is 37.2 Å².